The summed E-state index contributed by atoms with van der Waals surface area (Å²) in [5.74, 6) is -4.01. The summed E-state index contributed by atoms with van der Waals surface area (Å²) in [5, 5.41) is 7.80. The lowest BCUT2D eigenvalue weighted by Gasteiger charge is -2.25. The Balaban J connectivity index is 1.64. The summed E-state index contributed by atoms with van der Waals surface area (Å²) < 4.78 is 1.04. The molecule has 30 heavy (non-hydrogen) atoms. The fraction of sp³-hybridized carbons (Fsp3) is 0.409. The number of hydrogen-bond acceptors (Lipinski definition) is 6. The highest BCUT2D eigenvalue weighted by Crippen LogP contribution is 2.26. The van der Waals surface area contributed by atoms with Crippen LogP contribution in [0.2, 0.25) is 0 Å². The molecule has 7 nitrogen and oxygen atoms in total. The van der Waals surface area contributed by atoms with Gasteiger partial charge in [0, 0.05) is 30.0 Å². The van der Waals surface area contributed by atoms with E-state index in [1.54, 1.807) is 13.8 Å². The molecule has 0 bridgehead atoms. The number of rotatable bonds is 8. The third kappa shape index (κ3) is 4.81. The second-order valence-corrected chi connectivity index (χ2v) is 8.74. The van der Waals surface area contributed by atoms with Gasteiger partial charge in [0.2, 0.25) is 11.6 Å². The minimum absolute atomic E-state index is 0.0455. The maximum atomic E-state index is 12.7. The van der Waals surface area contributed by atoms with Gasteiger partial charge in [0.25, 0.3) is 11.8 Å². The van der Waals surface area contributed by atoms with Gasteiger partial charge in [-0.1, -0.05) is 32.0 Å². The van der Waals surface area contributed by atoms with Gasteiger partial charge in [-0.15, -0.1) is 11.3 Å². The predicted octanol–water partition coefficient (Wildman–Crippen LogP) is 1.82. The van der Waals surface area contributed by atoms with Crippen molar-refractivity contribution in [3.63, 3.8) is 0 Å². The lowest BCUT2D eigenvalue weighted by molar-refractivity contribution is -0.143. The van der Waals surface area contributed by atoms with Crippen LogP contribution in [0.25, 0.3) is 10.1 Å². The first-order valence-corrected chi connectivity index (χ1v) is 10.8. The van der Waals surface area contributed by atoms with E-state index in [1.807, 2.05) is 29.6 Å². The maximum absolute atomic E-state index is 12.7. The van der Waals surface area contributed by atoms with E-state index in [2.05, 4.69) is 10.6 Å². The van der Waals surface area contributed by atoms with Crippen LogP contribution in [0.15, 0.2) is 29.6 Å². The first-order valence-electron chi connectivity index (χ1n) is 9.91. The smallest absolute Gasteiger partial charge is 0.288 e. The van der Waals surface area contributed by atoms with Crippen LogP contribution in [0.4, 0.5) is 0 Å². The molecule has 0 saturated carbocycles. The van der Waals surface area contributed by atoms with E-state index in [4.69, 9.17) is 0 Å². The van der Waals surface area contributed by atoms with Crippen LogP contribution < -0.4 is 10.6 Å². The van der Waals surface area contributed by atoms with Crippen LogP contribution in [0, 0.1) is 11.8 Å². The normalized spacial score (nSPS) is 17.6. The number of fused-ring (bicyclic) bond motifs is 1. The molecule has 1 aromatic carbocycles. The number of nitrogens with one attached hydrogen (secondary N) is 2. The lowest BCUT2D eigenvalue weighted by atomic mass is 9.86. The van der Waals surface area contributed by atoms with Gasteiger partial charge in [0.1, 0.15) is 0 Å². The maximum Gasteiger partial charge on any atom is 0.288 e. The number of piperidine rings is 1. The van der Waals surface area contributed by atoms with Crippen LogP contribution in [0.1, 0.15) is 32.3 Å². The molecule has 1 aliphatic heterocycles. The molecule has 1 fully saturated rings. The van der Waals surface area contributed by atoms with Gasteiger partial charge in [0.15, 0.2) is 5.78 Å². The molecule has 1 aliphatic rings. The fourth-order valence-corrected chi connectivity index (χ4v) is 4.55. The van der Waals surface area contributed by atoms with Gasteiger partial charge >= 0.3 is 0 Å². The minimum Gasteiger partial charge on any atom is -0.349 e. The number of carbonyl (C=O) groups excluding carboxylic acids is 5. The number of thiophene rings is 1. The number of hydrogen-bond donors (Lipinski definition) is 2. The average molecular weight is 429 g/mol. The third-order valence-electron chi connectivity index (χ3n) is 5.29. The van der Waals surface area contributed by atoms with Crippen molar-refractivity contribution >= 4 is 50.6 Å². The molecule has 0 aliphatic carbocycles. The van der Waals surface area contributed by atoms with Gasteiger partial charge in [0.05, 0.1) is 6.04 Å². The molecule has 158 valence electrons. The molecule has 2 N–H and O–H groups in total. The summed E-state index contributed by atoms with van der Waals surface area (Å²) in [4.78, 5) is 61.2. The van der Waals surface area contributed by atoms with Crippen molar-refractivity contribution in [3.8, 4) is 0 Å². The molecule has 2 atom stereocenters. The van der Waals surface area contributed by atoms with Crippen LogP contribution in [-0.2, 0) is 30.4 Å². The molecule has 2 amide bonds. The van der Waals surface area contributed by atoms with Crippen molar-refractivity contribution in [1.82, 2.24) is 10.6 Å². The molecule has 2 aromatic rings. The van der Waals surface area contributed by atoms with Gasteiger partial charge in [-0.3, -0.25) is 24.0 Å². The van der Waals surface area contributed by atoms with Gasteiger partial charge in [-0.25, -0.2) is 0 Å². The summed E-state index contributed by atoms with van der Waals surface area (Å²) in [6, 6.07) is 6.76. The highest BCUT2D eigenvalue weighted by molar-refractivity contribution is 7.17. The van der Waals surface area contributed by atoms with Crippen LogP contribution in [-0.4, -0.2) is 41.8 Å². The van der Waals surface area contributed by atoms with Crippen molar-refractivity contribution < 1.29 is 24.0 Å². The predicted molar refractivity (Wildman–Crippen MR) is 113 cm³/mol. The highest BCUT2D eigenvalue weighted by Gasteiger charge is 2.34. The van der Waals surface area contributed by atoms with Crippen LogP contribution >= 0.6 is 11.3 Å². The minimum atomic E-state index is -0.890. The average Bonchev–Trinajstić information content (AvgIpc) is 3.12. The highest BCUT2D eigenvalue weighted by atomic mass is 32.1. The third-order valence-corrected chi connectivity index (χ3v) is 6.30. The Bertz CT molecular complexity index is 1010. The second-order valence-electron chi connectivity index (χ2n) is 7.83. The molecule has 8 heteroatoms. The summed E-state index contributed by atoms with van der Waals surface area (Å²) in [7, 11) is 0. The Morgan fingerprint density at radius 1 is 1.20 bits per heavy atom. The zero-order valence-electron chi connectivity index (χ0n) is 16.9. The molecule has 1 saturated heterocycles. The molecule has 0 radical (unpaired) electrons. The first-order chi connectivity index (χ1) is 14.3. The van der Waals surface area contributed by atoms with E-state index in [1.165, 1.54) is 11.3 Å². The molecule has 2 unspecified atom stereocenters. The summed E-state index contributed by atoms with van der Waals surface area (Å²) >= 11 is 1.51. The number of carbonyl (C=O) groups is 5. The van der Waals surface area contributed by atoms with Crippen LogP contribution in [0.3, 0.4) is 0 Å². The lowest BCUT2D eigenvalue weighted by Crippen LogP contribution is -2.49. The summed E-state index contributed by atoms with van der Waals surface area (Å²) in [5.41, 5.74) is 0.780. The first kappa shape index (κ1) is 21.8. The summed E-state index contributed by atoms with van der Waals surface area (Å²) in [6.07, 6.45) is 0.216. The van der Waals surface area contributed by atoms with Crippen molar-refractivity contribution in [2.75, 3.05) is 6.54 Å². The fourth-order valence-electron chi connectivity index (χ4n) is 3.59. The summed E-state index contributed by atoms with van der Waals surface area (Å²) in [6.45, 7) is 3.86. The van der Waals surface area contributed by atoms with Crippen molar-refractivity contribution in [2.24, 2.45) is 11.8 Å². The Hall–Kier alpha value is -2.87. The van der Waals surface area contributed by atoms with Gasteiger partial charge in [-0.05, 0) is 34.7 Å². The van der Waals surface area contributed by atoms with Crippen molar-refractivity contribution in [1.29, 1.82) is 0 Å². The zero-order valence-corrected chi connectivity index (χ0v) is 17.7. The standard InChI is InChI=1S/C22H24N2O5S/c1-12(2)19(16(25)9-13-7-8-23-22(29)20(13)27)24-21(28)17(26)10-14-11-30-18-6-4-3-5-15(14)18/h3-6,11-13,19H,7-10H2,1-2H3,(H,23,29)(H,24,28). The number of ketones is 3. The molecule has 3 rings (SSSR count). The topological polar surface area (TPSA) is 109 Å². The zero-order chi connectivity index (χ0) is 21.8. The second kappa shape index (κ2) is 9.30. The molecular weight excluding hydrogens is 404 g/mol. The number of benzene rings is 1. The largest absolute Gasteiger partial charge is 0.349 e. The van der Waals surface area contributed by atoms with Gasteiger partial charge in [-0.2, -0.15) is 0 Å². The van der Waals surface area contributed by atoms with Crippen LogP contribution in [0.5, 0.6) is 0 Å². The Labute approximate surface area is 178 Å². The molecule has 2 heterocycles. The van der Waals surface area contributed by atoms with E-state index >= 15 is 0 Å². The Morgan fingerprint density at radius 2 is 1.93 bits per heavy atom. The molecule has 0 spiro atoms. The SMILES string of the molecule is CC(C)C(NC(=O)C(=O)Cc1csc2ccccc12)C(=O)CC1CCNC(=O)C1=O. The van der Waals surface area contributed by atoms with Crippen molar-refractivity contribution in [2.45, 2.75) is 39.2 Å². The number of Topliss-reactive ketones (excluding diaryl/α,β-unsaturated/α-hetero) is 3. The monoisotopic (exact) mass is 428 g/mol. The Kier molecular flexibility index (Phi) is 6.77. The van der Waals surface area contributed by atoms with E-state index in [-0.39, 0.29) is 24.5 Å². The van der Waals surface area contributed by atoms with E-state index < -0.39 is 35.3 Å². The van der Waals surface area contributed by atoms with E-state index in [0.29, 0.717) is 13.0 Å². The van der Waals surface area contributed by atoms with Gasteiger partial charge < -0.3 is 10.6 Å². The Morgan fingerprint density at radius 3 is 2.67 bits per heavy atom. The molecular formula is C22H24N2O5S. The number of amides is 2. The van der Waals surface area contributed by atoms with E-state index in [0.717, 1.165) is 15.6 Å². The van der Waals surface area contributed by atoms with Crippen molar-refractivity contribution in [3.05, 3.63) is 35.2 Å². The quantitative estimate of drug-likeness (QED) is 0.624. The molecule has 1 aromatic heterocycles. The van der Waals surface area contributed by atoms with E-state index in [9.17, 15) is 24.0 Å².